The molecule has 2 N–H and O–H groups in total. The fourth-order valence-electron chi connectivity index (χ4n) is 1.75. The molecule has 0 bridgehead atoms. The zero-order valence-electron chi connectivity index (χ0n) is 12.5. The molecule has 0 spiro atoms. The molecule has 0 saturated carbocycles. The lowest BCUT2D eigenvalue weighted by Crippen LogP contribution is -2.36. The number of ketones is 1. The Kier molecular flexibility index (Phi) is 6.81. The van der Waals surface area contributed by atoms with Crippen LogP contribution in [0.15, 0.2) is 18.2 Å². The summed E-state index contributed by atoms with van der Waals surface area (Å²) in [5.41, 5.74) is -0.304. The lowest BCUT2D eigenvalue weighted by Gasteiger charge is -2.07. The molecule has 0 heterocycles. The molecule has 2 amide bonds. The first kappa shape index (κ1) is 17.4. The first-order chi connectivity index (χ1) is 10.5. The maximum atomic E-state index is 12.1. The molecule has 1 rings (SSSR count). The van der Waals surface area contributed by atoms with Gasteiger partial charge in [-0.2, -0.15) is 0 Å². The summed E-state index contributed by atoms with van der Waals surface area (Å²) in [6, 6.07) is 3.62. The van der Waals surface area contributed by atoms with Crippen LogP contribution in [0.5, 0.6) is 5.75 Å². The molecule has 0 aromatic heterocycles. The number of nitrogens with zero attached hydrogens (tertiary/aromatic N) is 1. The number of urea groups is 1. The van der Waals surface area contributed by atoms with E-state index < -0.39 is 10.7 Å². The van der Waals surface area contributed by atoms with Gasteiger partial charge in [0.15, 0.2) is 5.78 Å². The van der Waals surface area contributed by atoms with Crippen LogP contribution in [-0.2, 0) is 0 Å². The molecule has 8 heteroatoms. The van der Waals surface area contributed by atoms with E-state index in [1.807, 2.05) is 6.92 Å². The van der Waals surface area contributed by atoms with Crippen molar-refractivity contribution in [3.63, 3.8) is 0 Å². The maximum absolute atomic E-state index is 12.1. The number of Topliss-reactive ketones (excluding diaryl/α,β-unsaturated/α-hetero) is 1. The van der Waals surface area contributed by atoms with Gasteiger partial charge in [0.2, 0.25) is 0 Å². The number of amides is 2. The van der Waals surface area contributed by atoms with Crippen LogP contribution < -0.4 is 15.4 Å². The molecule has 0 saturated heterocycles. The van der Waals surface area contributed by atoms with E-state index in [-0.39, 0.29) is 30.2 Å². The minimum Gasteiger partial charge on any atom is -0.497 e. The first-order valence-electron chi connectivity index (χ1n) is 6.87. The molecule has 0 radical (unpaired) electrons. The summed E-state index contributed by atoms with van der Waals surface area (Å²) in [4.78, 5) is 33.8. The van der Waals surface area contributed by atoms with Crippen molar-refractivity contribution in [2.24, 2.45) is 0 Å². The maximum Gasteiger partial charge on any atom is 0.314 e. The van der Waals surface area contributed by atoms with Gasteiger partial charge >= 0.3 is 6.03 Å². The van der Waals surface area contributed by atoms with Gasteiger partial charge in [-0.05, 0) is 18.6 Å². The van der Waals surface area contributed by atoms with E-state index in [0.29, 0.717) is 12.3 Å². The Hall–Kier alpha value is -2.64. The Labute approximate surface area is 128 Å². The number of carbonyl (C=O) groups is 2. The third-order valence-corrected chi connectivity index (χ3v) is 2.87. The van der Waals surface area contributed by atoms with Gasteiger partial charge in [-0.25, -0.2) is 4.79 Å². The van der Waals surface area contributed by atoms with Gasteiger partial charge in [0.25, 0.3) is 5.69 Å². The first-order valence-corrected chi connectivity index (χ1v) is 6.87. The van der Waals surface area contributed by atoms with Gasteiger partial charge in [-0.3, -0.25) is 14.9 Å². The van der Waals surface area contributed by atoms with Crippen LogP contribution in [0.3, 0.4) is 0 Å². The van der Waals surface area contributed by atoms with Crippen LogP contribution in [-0.4, -0.2) is 36.9 Å². The largest absolute Gasteiger partial charge is 0.497 e. The summed E-state index contributed by atoms with van der Waals surface area (Å²) < 4.78 is 4.97. The summed E-state index contributed by atoms with van der Waals surface area (Å²) in [5, 5.41) is 16.1. The van der Waals surface area contributed by atoms with E-state index in [1.165, 1.54) is 25.3 Å². The standard InChI is InChI=1S/C14H19N3O5/c1-3-7-15-14(19)16-8-6-13(18)11-9-10(22-2)4-5-12(11)17(20)21/h4-5,9H,3,6-8H2,1-2H3,(H2,15,16,19). The van der Waals surface area contributed by atoms with Crippen molar-refractivity contribution in [1.29, 1.82) is 0 Å². The van der Waals surface area contributed by atoms with Gasteiger partial charge in [0.1, 0.15) is 5.75 Å². The average Bonchev–Trinajstić information content (AvgIpc) is 2.51. The smallest absolute Gasteiger partial charge is 0.314 e. The van der Waals surface area contributed by atoms with Gasteiger partial charge < -0.3 is 15.4 Å². The predicted octanol–water partition coefficient (Wildman–Crippen LogP) is 1.89. The highest BCUT2D eigenvalue weighted by atomic mass is 16.6. The minimum absolute atomic E-state index is 0.0277. The fraction of sp³-hybridized carbons (Fsp3) is 0.429. The summed E-state index contributed by atoms with van der Waals surface area (Å²) in [6.07, 6.45) is 0.774. The van der Waals surface area contributed by atoms with Gasteiger partial charge in [0, 0.05) is 25.6 Å². The number of hydrogen-bond acceptors (Lipinski definition) is 5. The monoisotopic (exact) mass is 309 g/mol. The number of rotatable bonds is 8. The lowest BCUT2D eigenvalue weighted by molar-refractivity contribution is -0.385. The molecule has 0 unspecified atom stereocenters. The molecule has 8 nitrogen and oxygen atoms in total. The second-order valence-corrected chi connectivity index (χ2v) is 4.50. The van der Waals surface area contributed by atoms with Crippen molar-refractivity contribution in [3.05, 3.63) is 33.9 Å². The van der Waals surface area contributed by atoms with E-state index in [2.05, 4.69) is 10.6 Å². The van der Waals surface area contributed by atoms with Gasteiger partial charge in [-0.15, -0.1) is 0 Å². The molecule has 0 aliphatic heterocycles. The molecule has 0 aliphatic rings. The van der Waals surface area contributed by atoms with E-state index in [0.717, 1.165) is 6.42 Å². The topological polar surface area (TPSA) is 111 Å². The molecule has 0 aliphatic carbocycles. The Morgan fingerprint density at radius 1 is 1.27 bits per heavy atom. The number of hydrogen-bond donors (Lipinski definition) is 2. The summed E-state index contributed by atoms with van der Waals surface area (Å²) in [7, 11) is 1.41. The second kappa shape index (κ2) is 8.60. The van der Waals surface area contributed by atoms with Crippen molar-refractivity contribution in [2.75, 3.05) is 20.2 Å². The Balaban J connectivity index is 2.68. The molecule has 0 fully saturated rings. The Morgan fingerprint density at radius 3 is 2.55 bits per heavy atom. The average molecular weight is 309 g/mol. The number of nitrogens with one attached hydrogen (secondary N) is 2. The number of nitro groups is 1. The van der Waals surface area contributed by atoms with Crippen LogP contribution in [0.1, 0.15) is 30.1 Å². The minimum atomic E-state index is -0.617. The Morgan fingerprint density at radius 2 is 1.95 bits per heavy atom. The van der Waals surface area contributed by atoms with E-state index in [4.69, 9.17) is 4.74 Å². The van der Waals surface area contributed by atoms with Crippen LogP contribution in [0.25, 0.3) is 0 Å². The highest BCUT2D eigenvalue weighted by Crippen LogP contribution is 2.25. The lowest BCUT2D eigenvalue weighted by atomic mass is 10.1. The molecule has 1 aromatic rings. The number of ether oxygens (including phenoxy) is 1. The molecule has 120 valence electrons. The van der Waals surface area contributed by atoms with E-state index >= 15 is 0 Å². The fourth-order valence-corrected chi connectivity index (χ4v) is 1.75. The zero-order valence-corrected chi connectivity index (χ0v) is 12.5. The quantitative estimate of drug-likeness (QED) is 0.433. The van der Waals surface area contributed by atoms with Crippen LogP contribution in [0.4, 0.5) is 10.5 Å². The second-order valence-electron chi connectivity index (χ2n) is 4.50. The third kappa shape index (κ3) is 5.04. The number of methoxy groups -OCH3 is 1. The van der Waals surface area contributed by atoms with Crippen molar-refractivity contribution >= 4 is 17.5 Å². The van der Waals surface area contributed by atoms with Gasteiger partial charge in [0.05, 0.1) is 17.6 Å². The summed E-state index contributed by atoms with van der Waals surface area (Å²) in [6.45, 7) is 2.57. The molecule has 22 heavy (non-hydrogen) atoms. The molecular weight excluding hydrogens is 290 g/mol. The Bertz CT molecular complexity index is 559. The van der Waals surface area contributed by atoms with E-state index in [9.17, 15) is 19.7 Å². The van der Waals surface area contributed by atoms with Crippen molar-refractivity contribution < 1.29 is 19.2 Å². The van der Waals surface area contributed by atoms with Crippen LogP contribution in [0.2, 0.25) is 0 Å². The third-order valence-electron chi connectivity index (χ3n) is 2.87. The number of benzene rings is 1. The van der Waals surface area contributed by atoms with Gasteiger partial charge in [-0.1, -0.05) is 6.92 Å². The summed E-state index contributed by atoms with van der Waals surface area (Å²) >= 11 is 0. The highest BCUT2D eigenvalue weighted by molar-refractivity contribution is 6.00. The van der Waals surface area contributed by atoms with Crippen LogP contribution in [0, 0.1) is 10.1 Å². The highest BCUT2D eigenvalue weighted by Gasteiger charge is 2.20. The number of carbonyl (C=O) groups excluding carboxylic acids is 2. The molecular formula is C14H19N3O5. The molecule has 0 atom stereocenters. The zero-order chi connectivity index (χ0) is 16.5. The SMILES string of the molecule is CCCNC(=O)NCCC(=O)c1cc(OC)ccc1[N+](=O)[O-]. The van der Waals surface area contributed by atoms with Crippen molar-refractivity contribution in [3.8, 4) is 5.75 Å². The van der Waals surface area contributed by atoms with Crippen molar-refractivity contribution in [1.82, 2.24) is 10.6 Å². The van der Waals surface area contributed by atoms with Crippen LogP contribution >= 0.6 is 0 Å². The van der Waals surface area contributed by atoms with Crippen molar-refractivity contribution in [2.45, 2.75) is 19.8 Å². The normalized spacial score (nSPS) is 9.91. The van der Waals surface area contributed by atoms with E-state index in [1.54, 1.807) is 0 Å². The number of nitro benzene ring substituents is 1. The molecule has 1 aromatic carbocycles. The summed E-state index contributed by atoms with van der Waals surface area (Å²) in [5.74, 6) is -0.0658. The predicted molar refractivity (Wildman–Crippen MR) is 80.3 cm³/mol.